The van der Waals surface area contributed by atoms with Crippen LogP contribution in [0.15, 0.2) is 36.4 Å². The van der Waals surface area contributed by atoms with E-state index in [9.17, 15) is 8.42 Å². The van der Waals surface area contributed by atoms with Gasteiger partial charge in [-0.1, -0.05) is 29.7 Å². The van der Waals surface area contributed by atoms with Crippen LogP contribution in [0, 0.1) is 19.3 Å². The van der Waals surface area contributed by atoms with Crippen LogP contribution in [0.4, 0.5) is 0 Å². The minimum absolute atomic E-state index is 0.305. The maximum absolute atomic E-state index is 12.2. The Labute approximate surface area is 230 Å². The topological polar surface area (TPSA) is 67.7 Å². The van der Waals surface area contributed by atoms with E-state index in [1.807, 2.05) is 10.7 Å². The quantitative estimate of drug-likeness (QED) is 0.335. The van der Waals surface area contributed by atoms with Gasteiger partial charge >= 0.3 is 0 Å². The van der Waals surface area contributed by atoms with E-state index in [-0.39, 0.29) is 0 Å². The lowest BCUT2D eigenvalue weighted by Crippen LogP contribution is -2.37. The van der Waals surface area contributed by atoms with Gasteiger partial charge in [0.25, 0.3) is 0 Å². The fourth-order valence-corrected chi connectivity index (χ4v) is 6.12. The molecule has 2 aromatic rings. The Bertz CT molecular complexity index is 1490. The molecule has 7 nitrogen and oxygen atoms in total. The van der Waals surface area contributed by atoms with Crippen LogP contribution in [-0.2, 0) is 34.3 Å². The average molecular weight is 553 g/mol. The summed E-state index contributed by atoms with van der Waals surface area (Å²) in [7, 11) is -3.30. The largest absolute Gasteiger partial charge is 0.379 e. The zero-order chi connectivity index (χ0) is 26.9. The van der Waals surface area contributed by atoms with Gasteiger partial charge in [0.05, 0.1) is 25.2 Å². The Hall–Kier alpha value is -2.67. The van der Waals surface area contributed by atoms with Crippen LogP contribution in [0.1, 0.15) is 28.8 Å². The number of rotatable bonds is 6. The number of nitrogens with zero attached hydrogens (tertiary/aromatic N) is 4. The first-order valence-electron chi connectivity index (χ1n) is 13.0. The molecule has 1 saturated heterocycles. The van der Waals surface area contributed by atoms with Crippen molar-refractivity contribution < 1.29 is 13.2 Å². The third kappa shape index (κ3) is 5.98. The van der Waals surface area contributed by atoms with E-state index in [1.54, 1.807) is 12.1 Å². The van der Waals surface area contributed by atoms with Crippen molar-refractivity contribution in [3.63, 3.8) is 0 Å². The highest BCUT2D eigenvalue weighted by atomic mass is 35.5. The van der Waals surface area contributed by atoms with Gasteiger partial charge in [-0.3, -0.25) is 9.58 Å². The highest BCUT2D eigenvalue weighted by molar-refractivity contribution is 7.88. The van der Waals surface area contributed by atoms with Gasteiger partial charge in [0.15, 0.2) is 0 Å². The zero-order valence-corrected chi connectivity index (χ0v) is 23.5. The SMILES string of the molecule is C#Cc1cc(Cl)ccc1-c1nn(CCCN2CCOCC2)c2c1CN(S(C)(=O)=O)CC2.Cc1ccc2cc1-2. The van der Waals surface area contributed by atoms with Crippen molar-refractivity contribution in [1.82, 2.24) is 19.0 Å². The summed E-state index contributed by atoms with van der Waals surface area (Å²) in [5, 5.41) is 5.48. The van der Waals surface area contributed by atoms with Crippen LogP contribution in [0.25, 0.3) is 22.4 Å². The van der Waals surface area contributed by atoms with Crippen LogP contribution in [0.2, 0.25) is 5.02 Å². The number of morpholine rings is 1. The number of aryl methyl sites for hydroxylation is 2. The average Bonchev–Trinajstić information content (AvgIpc) is 3.49. The first-order valence-corrected chi connectivity index (χ1v) is 15.2. The summed E-state index contributed by atoms with van der Waals surface area (Å²) in [5.74, 6) is 2.69. The smallest absolute Gasteiger partial charge is 0.211 e. The van der Waals surface area contributed by atoms with Crippen LogP contribution < -0.4 is 0 Å². The van der Waals surface area contributed by atoms with Crippen molar-refractivity contribution >= 4 is 21.6 Å². The van der Waals surface area contributed by atoms with E-state index in [2.05, 4.69) is 35.9 Å². The normalized spacial score (nSPS) is 16.8. The Morgan fingerprint density at radius 1 is 1.08 bits per heavy atom. The van der Waals surface area contributed by atoms with Gasteiger partial charge in [-0.25, -0.2) is 8.42 Å². The van der Waals surface area contributed by atoms with E-state index in [4.69, 9.17) is 27.9 Å². The van der Waals surface area contributed by atoms with Crippen molar-refractivity contribution in [2.75, 3.05) is 45.6 Å². The van der Waals surface area contributed by atoms with E-state index in [0.717, 1.165) is 68.3 Å². The summed E-state index contributed by atoms with van der Waals surface area (Å²) in [6.45, 7) is 8.16. The number of halogens is 1. The first kappa shape index (κ1) is 26.9. The molecule has 2 aliphatic carbocycles. The maximum Gasteiger partial charge on any atom is 0.211 e. The summed E-state index contributed by atoms with van der Waals surface area (Å²) in [4.78, 5) is 2.40. The molecule has 6 rings (SSSR count). The molecule has 0 spiro atoms. The van der Waals surface area contributed by atoms with Crippen molar-refractivity contribution in [2.24, 2.45) is 0 Å². The second-order valence-electron chi connectivity index (χ2n) is 10.0. The Kier molecular flexibility index (Phi) is 7.94. The van der Waals surface area contributed by atoms with E-state index in [1.165, 1.54) is 27.3 Å². The van der Waals surface area contributed by atoms with Crippen LogP contribution in [0.5, 0.6) is 0 Å². The van der Waals surface area contributed by atoms with E-state index >= 15 is 0 Å². The molecule has 200 valence electrons. The molecule has 3 heterocycles. The zero-order valence-electron chi connectivity index (χ0n) is 21.9. The highest BCUT2D eigenvalue weighted by Gasteiger charge is 2.30. The number of ether oxygens (including phenoxy) is 1. The number of terminal acetylenes is 1. The number of hydrogen-bond acceptors (Lipinski definition) is 5. The Balaban J connectivity index is 0.000000358. The Morgan fingerprint density at radius 2 is 1.87 bits per heavy atom. The molecule has 4 aliphatic rings. The molecule has 0 bridgehead atoms. The predicted octanol–water partition coefficient (Wildman–Crippen LogP) is 4.20. The molecule has 1 fully saturated rings. The van der Waals surface area contributed by atoms with Gasteiger partial charge in [0.1, 0.15) is 0 Å². The standard InChI is InChI=1S/C22H27ClN4O3S.C7H6/c1-3-17-15-18(23)5-6-19(17)22-20-16-26(31(2,28)29)10-7-21(20)27(24-22)9-4-8-25-11-13-30-14-12-25;1-5-2-3-6-4-7(5)6/h1,5-6,15H,4,7-14,16H2,2H3;2-4H,1H3. The molecule has 0 N–H and O–H groups in total. The first-order chi connectivity index (χ1) is 18.2. The van der Waals surface area contributed by atoms with Gasteiger partial charge in [-0.15, -0.1) is 6.42 Å². The lowest BCUT2D eigenvalue weighted by molar-refractivity contribution is 0.0368. The Morgan fingerprint density at radius 3 is 2.47 bits per heavy atom. The van der Waals surface area contributed by atoms with Crippen LogP contribution in [0.3, 0.4) is 0 Å². The van der Waals surface area contributed by atoms with E-state index in [0.29, 0.717) is 30.1 Å². The summed E-state index contributed by atoms with van der Waals surface area (Å²) in [6, 6.07) is 11.9. The second-order valence-corrected chi connectivity index (χ2v) is 12.4. The lowest BCUT2D eigenvalue weighted by atomic mass is 9.98. The molecule has 0 radical (unpaired) electrons. The van der Waals surface area contributed by atoms with Gasteiger partial charge in [0.2, 0.25) is 10.0 Å². The number of aromatic nitrogens is 2. The van der Waals surface area contributed by atoms with Gasteiger partial charge in [-0.05, 0) is 54.3 Å². The van der Waals surface area contributed by atoms with Crippen molar-refractivity contribution in [2.45, 2.75) is 32.9 Å². The molecule has 0 amide bonds. The minimum Gasteiger partial charge on any atom is -0.379 e. The molecule has 1 aromatic carbocycles. The summed E-state index contributed by atoms with van der Waals surface area (Å²) < 4.78 is 33.4. The fourth-order valence-electron chi connectivity index (χ4n) is 5.17. The summed E-state index contributed by atoms with van der Waals surface area (Å²) in [5.41, 5.74) is 8.58. The van der Waals surface area contributed by atoms with Crippen molar-refractivity contribution in [1.29, 1.82) is 0 Å². The lowest BCUT2D eigenvalue weighted by Gasteiger charge is -2.27. The third-order valence-corrected chi connectivity index (χ3v) is 8.86. The fraction of sp³-hybridized carbons (Fsp3) is 0.414. The van der Waals surface area contributed by atoms with Crippen molar-refractivity contribution in [3.05, 3.63) is 63.8 Å². The predicted molar refractivity (Wildman–Crippen MR) is 152 cm³/mol. The molecule has 0 saturated carbocycles. The monoisotopic (exact) mass is 552 g/mol. The van der Waals surface area contributed by atoms with Crippen LogP contribution >= 0.6 is 11.6 Å². The molecule has 9 heteroatoms. The van der Waals surface area contributed by atoms with Crippen molar-refractivity contribution in [3.8, 4) is 34.7 Å². The van der Waals surface area contributed by atoms with Gasteiger partial charge in [0, 0.05) is 73.1 Å². The van der Waals surface area contributed by atoms with Gasteiger partial charge in [-0.2, -0.15) is 9.40 Å². The molecular weight excluding hydrogens is 520 g/mol. The third-order valence-electron chi connectivity index (χ3n) is 7.37. The number of fused-ring (bicyclic) bond motifs is 2. The molecule has 2 aliphatic heterocycles. The number of sulfonamides is 1. The van der Waals surface area contributed by atoms with Crippen LogP contribution in [-0.4, -0.2) is 73.1 Å². The molecular formula is C29H33ClN4O3S. The maximum atomic E-state index is 12.2. The molecule has 1 aromatic heterocycles. The summed E-state index contributed by atoms with van der Waals surface area (Å²) >= 11 is 6.13. The summed E-state index contributed by atoms with van der Waals surface area (Å²) in [6.07, 6.45) is 8.58. The molecule has 0 atom stereocenters. The number of benzene rings is 2. The highest BCUT2D eigenvalue weighted by Crippen LogP contribution is 2.37. The second kappa shape index (κ2) is 11.2. The number of hydrogen-bond donors (Lipinski definition) is 0. The molecule has 0 unspecified atom stereocenters. The minimum atomic E-state index is -3.30. The van der Waals surface area contributed by atoms with E-state index < -0.39 is 10.0 Å². The van der Waals surface area contributed by atoms with Gasteiger partial charge < -0.3 is 4.74 Å². The molecule has 38 heavy (non-hydrogen) atoms.